The maximum Gasteiger partial charge on any atom is 0.123 e. The molecule has 0 saturated carbocycles. The van der Waals surface area contributed by atoms with Gasteiger partial charge in [-0.1, -0.05) is 39.0 Å². The van der Waals surface area contributed by atoms with Crippen LogP contribution in [0.15, 0.2) is 36.4 Å². The average molecular weight is 289 g/mol. The molecular formula is C17H23NOS. The highest BCUT2D eigenvalue weighted by Gasteiger charge is 2.15. The number of thiophene rings is 1. The van der Waals surface area contributed by atoms with Crippen molar-refractivity contribution < 1.29 is 4.74 Å². The molecule has 1 heterocycles. The first-order valence-electron chi connectivity index (χ1n) is 6.92. The third kappa shape index (κ3) is 3.84. The first-order valence-corrected chi connectivity index (χ1v) is 7.74. The van der Waals surface area contributed by atoms with Gasteiger partial charge in [-0.15, -0.1) is 11.3 Å². The minimum absolute atomic E-state index is 0.242. The second kappa shape index (κ2) is 6.42. The summed E-state index contributed by atoms with van der Waals surface area (Å²) in [7, 11) is 1.72. The molecule has 20 heavy (non-hydrogen) atoms. The Labute approximate surface area is 125 Å². The summed E-state index contributed by atoms with van der Waals surface area (Å²) in [6, 6.07) is 12.6. The summed E-state index contributed by atoms with van der Waals surface area (Å²) in [6.45, 7) is 8.49. The Balaban J connectivity index is 1.91. The quantitative estimate of drug-likeness (QED) is 0.884. The molecule has 108 valence electrons. The summed E-state index contributed by atoms with van der Waals surface area (Å²) >= 11 is 1.89. The summed E-state index contributed by atoms with van der Waals surface area (Å²) in [4.78, 5) is 2.82. The Morgan fingerprint density at radius 1 is 1.05 bits per heavy atom. The molecule has 0 aliphatic rings. The monoisotopic (exact) mass is 289 g/mol. The van der Waals surface area contributed by atoms with Gasteiger partial charge in [0.25, 0.3) is 0 Å². The largest absolute Gasteiger partial charge is 0.496 e. The maximum absolute atomic E-state index is 5.36. The number of ether oxygens (including phenoxy) is 1. The van der Waals surface area contributed by atoms with Gasteiger partial charge >= 0.3 is 0 Å². The standard InChI is InChI=1S/C17H23NOS/c1-17(2,3)16-10-9-14(20-16)12-18-11-13-7-5-6-8-15(13)19-4/h5-10,18H,11-12H2,1-4H3. The van der Waals surface area contributed by atoms with Crippen LogP contribution >= 0.6 is 11.3 Å². The molecule has 0 saturated heterocycles. The van der Waals surface area contributed by atoms with Gasteiger partial charge in [0.1, 0.15) is 5.75 Å². The number of nitrogens with one attached hydrogen (secondary N) is 1. The van der Waals surface area contributed by atoms with E-state index in [1.807, 2.05) is 29.5 Å². The fourth-order valence-electron chi connectivity index (χ4n) is 2.05. The van der Waals surface area contributed by atoms with Gasteiger partial charge in [0.05, 0.1) is 7.11 Å². The van der Waals surface area contributed by atoms with Crippen LogP contribution in [0.5, 0.6) is 5.75 Å². The minimum Gasteiger partial charge on any atom is -0.496 e. The zero-order valence-electron chi connectivity index (χ0n) is 12.7. The predicted molar refractivity (Wildman–Crippen MR) is 86.6 cm³/mol. The smallest absolute Gasteiger partial charge is 0.123 e. The Bertz CT molecular complexity index is 554. The molecular weight excluding hydrogens is 266 g/mol. The van der Waals surface area contributed by atoms with Crippen LogP contribution in [0.3, 0.4) is 0 Å². The van der Waals surface area contributed by atoms with Crippen molar-refractivity contribution in [3.63, 3.8) is 0 Å². The van der Waals surface area contributed by atoms with Gasteiger partial charge in [-0.05, 0) is 23.6 Å². The lowest BCUT2D eigenvalue weighted by molar-refractivity contribution is 0.407. The third-order valence-electron chi connectivity index (χ3n) is 3.21. The first kappa shape index (κ1) is 15.1. The summed E-state index contributed by atoms with van der Waals surface area (Å²) in [6.07, 6.45) is 0. The lowest BCUT2D eigenvalue weighted by Gasteiger charge is -2.15. The number of benzene rings is 1. The van der Waals surface area contributed by atoms with Crippen molar-refractivity contribution in [1.29, 1.82) is 0 Å². The fraction of sp³-hybridized carbons (Fsp3) is 0.412. The van der Waals surface area contributed by atoms with Crippen molar-refractivity contribution in [2.45, 2.75) is 39.3 Å². The van der Waals surface area contributed by atoms with Crippen LogP contribution in [0.25, 0.3) is 0 Å². The molecule has 1 aromatic carbocycles. The van der Waals surface area contributed by atoms with Crippen LogP contribution in [-0.4, -0.2) is 7.11 Å². The van der Waals surface area contributed by atoms with Crippen LogP contribution in [-0.2, 0) is 18.5 Å². The van der Waals surface area contributed by atoms with E-state index in [0.29, 0.717) is 0 Å². The summed E-state index contributed by atoms with van der Waals surface area (Å²) in [5.74, 6) is 0.946. The van der Waals surface area contributed by atoms with E-state index in [9.17, 15) is 0 Å². The Hall–Kier alpha value is -1.32. The van der Waals surface area contributed by atoms with E-state index in [1.165, 1.54) is 15.3 Å². The Kier molecular flexibility index (Phi) is 4.84. The number of methoxy groups -OCH3 is 1. The van der Waals surface area contributed by atoms with Crippen LogP contribution in [0.1, 0.15) is 36.1 Å². The second-order valence-corrected chi connectivity index (χ2v) is 7.10. The second-order valence-electron chi connectivity index (χ2n) is 5.93. The van der Waals surface area contributed by atoms with Gasteiger partial charge in [0.15, 0.2) is 0 Å². The van der Waals surface area contributed by atoms with E-state index >= 15 is 0 Å². The van der Waals surface area contributed by atoms with Crippen molar-refractivity contribution in [1.82, 2.24) is 5.32 Å². The molecule has 3 heteroatoms. The van der Waals surface area contributed by atoms with E-state index in [0.717, 1.165) is 18.8 Å². The molecule has 0 aliphatic carbocycles. The van der Waals surface area contributed by atoms with E-state index in [4.69, 9.17) is 4.74 Å². The molecule has 0 unspecified atom stereocenters. The van der Waals surface area contributed by atoms with Crippen molar-refractivity contribution in [2.24, 2.45) is 0 Å². The van der Waals surface area contributed by atoms with Crippen molar-refractivity contribution in [2.75, 3.05) is 7.11 Å². The number of para-hydroxylation sites is 1. The third-order valence-corrected chi connectivity index (χ3v) is 4.72. The SMILES string of the molecule is COc1ccccc1CNCc1ccc(C(C)(C)C)s1. The lowest BCUT2D eigenvalue weighted by Crippen LogP contribution is -2.12. The van der Waals surface area contributed by atoms with Gasteiger partial charge in [-0.25, -0.2) is 0 Å². The molecule has 1 aromatic heterocycles. The zero-order chi connectivity index (χ0) is 14.6. The van der Waals surface area contributed by atoms with E-state index in [2.05, 4.69) is 44.3 Å². The van der Waals surface area contributed by atoms with Gasteiger partial charge in [0, 0.05) is 28.4 Å². The highest BCUT2D eigenvalue weighted by Crippen LogP contribution is 2.29. The average Bonchev–Trinajstić information content (AvgIpc) is 2.88. The van der Waals surface area contributed by atoms with Gasteiger partial charge < -0.3 is 10.1 Å². The van der Waals surface area contributed by atoms with Gasteiger partial charge in [-0.3, -0.25) is 0 Å². The summed E-state index contributed by atoms with van der Waals surface area (Å²) in [5, 5.41) is 3.49. The molecule has 2 rings (SSSR count). The van der Waals surface area contributed by atoms with Crippen LogP contribution in [0.4, 0.5) is 0 Å². The topological polar surface area (TPSA) is 21.3 Å². The Morgan fingerprint density at radius 2 is 1.80 bits per heavy atom. The van der Waals surface area contributed by atoms with Crippen molar-refractivity contribution >= 4 is 11.3 Å². The number of hydrogen-bond donors (Lipinski definition) is 1. The molecule has 0 atom stereocenters. The van der Waals surface area contributed by atoms with Gasteiger partial charge in [0.2, 0.25) is 0 Å². The molecule has 0 amide bonds. The lowest BCUT2D eigenvalue weighted by atomic mass is 9.95. The normalized spacial score (nSPS) is 11.6. The summed E-state index contributed by atoms with van der Waals surface area (Å²) in [5.41, 5.74) is 1.44. The molecule has 0 radical (unpaired) electrons. The molecule has 2 nitrogen and oxygen atoms in total. The molecule has 1 N–H and O–H groups in total. The number of hydrogen-bond acceptors (Lipinski definition) is 3. The van der Waals surface area contributed by atoms with Crippen LogP contribution < -0.4 is 10.1 Å². The van der Waals surface area contributed by atoms with Gasteiger partial charge in [-0.2, -0.15) is 0 Å². The van der Waals surface area contributed by atoms with Crippen LogP contribution in [0.2, 0.25) is 0 Å². The predicted octanol–water partition coefficient (Wildman–Crippen LogP) is 4.34. The fourth-order valence-corrected chi connectivity index (χ4v) is 3.08. The zero-order valence-corrected chi connectivity index (χ0v) is 13.5. The molecule has 0 aliphatic heterocycles. The molecule has 0 spiro atoms. The molecule has 0 fully saturated rings. The van der Waals surface area contributed by atoms with Crippen LogP contribution in [0, 0.1) is 0 Å². The van der Waals surface area contributed by atoms with Crippen molar-refractivity contribution in [3.8, 4) is 5.75 Å². The summed E-state index contributed by atoms with van der Waals surface area (Å²) < 4.78 is 5.36. The van der Waals surface area contributed by atoms with E-state index in [1.54, 1.807) is 7.11 Å². The van der Waals surface area contributed by atoms with E-state index < -0.39 is 0 Å². The first-order chi connectivity index (χ1) is 9.50. The number of rotatable bonds is 5. The molecule has 2 aromatic rings. The van der Waals surface area contributed by atoms with E-state index in [-0.39, 0.29) is 5.41 Å². The minimum atomic E-state index is 0.242. The Morgan fingerprint density at radius 3 is 2.45 bits per heavy atom. The highest BCUT2D eigenvalue weighted by molar-refractivity contribution is 7.12. The van der Waals surface area contributed by atoms with Crippen molar-refractivity contribution in [3.05, 3.63) is 51.7 Å². The maximum atomic E-state index is 5.36. The molecule has 0 bridgehead atoms. The highest BCUT2D eigenvalue weighted by atomic mass is 32.1.